The molecule has 0 radical (unpaired) electrons. The van der Waals surface area contributed by atoms with Gasteiger partial charge < -0.3 is 9.64 Å². The summed E-state index contributed by atoms with van der Waals surface area (Å²) in [6, 6.07) is 7.42. The zero-order valence-electron chi connectivity index (χ0n) is 14.0. The van der Waals surface area contributed by atoms with Crippen molar-refractivity contribution in [3.05, 3.63) is 29.3 Å². The van der Waals surface area contributed by atoms with Crippen LogP contribution in [0.15, 0.2) is 29.2 Å². The van der Waals surface area contributed by atoms with Crippen molar-refractivity contribution in [3.63, 3.8) is 0 Å². The predicted molar refractivity (Wildman–Crippen MR) is 94.8 cm³/mol. The Kier molecular flexibility index (Phi) is 8.48. The zero-order valence-corrected chi connectivity index (χ0v) is 15.6. The molecule has 0 aromatic heterocycles. The molecule has 0 bridgehead atoms. The highest BCUT2D eigenvalue weighted by Gasteiger charge is 2.23. The van der Waals surface area contributed by atoms with E-state index >= 15 is 0 Å². The normalized spacial score (nSPS) is 12.1. The van der Waals surface area contributed by atoms with Crippen LogP contribution in [0.5, 0.6) is 0 Å². The summed E-state index contributed by atoms with van der Waals surface area (Å²) in [6.07, 6.45) is 0.216. The molecule has 0 aliphatic heterocycles. The number of hydrogen-bond donors (Lipinski definition) is 0. The van der Waals surface area contributed by atoms with Crippen LogP contribution < -0.4 is 0 Å². The Bertz CT molecular complexity index is 519. The van der Waals surface area contributed by atoms with Crippen molar-refractivity contribution in [2.24, 2.45) is 5.92 Å². The molecule has 0 spiro atoms. The van der Waals surface area contributed by atoms with Gasteiger partial charge in [-0.3, -0.25) is 9.59 Å². The Morgan fingerprint density at radius 3 is 2.35 bits per heavy atom. The van der Waals surface area contributed by atoms with E-state index in [9.17, 15) is 9.59 Å². The van der Waals surface area contributed by atoms with E-state index in [1.165, 1.54) is 18.9 Å². The van der Waals surface area contributed by atoms with Crippen molar-refractivity contribution in [2.45, 2.75) is 37.3 Å². The summed E-state index contributed by atoms with van der Waals surface area (Å²) < 4.78 is 4.66. The summed E-state index contributed by atoms with van der Waals surface area (Å²) in [7, 11) is 1.36. The molecule has 0 saturated heterocycles. The Balaban J connectivity index is 2.69. The van der Waals surface area contributed by atoms with Gasteiger partial charge in [0.2, 0.25) is 5.91 Å². The molecule has 1 amide bonds. The molecule has 4 nitrogen and oxygen atoms in total. The van der Waals surface area contributed by atoms with Crippen LogP contribution in [-0.4, -0.2) is 42.2 Å². The molecule has 0 aliphatic rings. The Labute approximate surface area is 147 Å². The third-order valence-corrected chi connectivity index (χ3v) is 4.54. The van der Waals surface area contributed by atoms with Gasteiger partial charge in [-0.15, -0.1) is 11.8 Å². The van der Waals surface area contributed by atoms with Crippen molar-refractivity contribution in [2.75, 3.05) is 20.2 Å². The third-order valence-electron chi connectivity index (χ3n) is 3.18. The quantitative estimate of drug-likeness (QED) is 0.523. The van der Waals surface area contributed by atoms with Crippen molar-refractivity contribution in [1.82, 2.24) is 4.90 Å². The average molecular weight is 358 g/mol. The molecule has 0 heterocycles. The number of benzene rings is 1. The molecule has 6 heteroatoms. The van der Waals surface area contributed by atoms with E-state index in [-0.39, 0.29) is 23.5 Å². The van der Waals surface area contributed by atoms with Gasteiger partial charge in [0.25, 0.3) is 0 Å². The fourth-order valence-electron chi connectivity index (χ4n) is 2.09. The van der Waals surface area contributed by atoms with Gasteiger partial charge in [0, 0.05) is 23.0 Å². The highest BCUT2D eigenvalue weighted by molar-refractivity contribution is 8.00. The van der Waals surface area contributed by atoms with Crippen LogP contribution in [0.2, 0.25) is 5.02 Å². The molecule has 1 unspecified atom stereocenters. The summed E-state index contributed by atoms with van der Waals surface area (Å²) in [4.78, 5) is 26.8. The van der Waals surface area contributed by atoms with E-state index in [1.807, 2.05) is 31.2 Å². The maximum absolute atomic E-state index is 12.7. The number of nitrogens with zero attached hydrogens (tertiary/aromatic N) is 1. The van der Waals surface area contributed by atoms with E-state index < -0.39 is 0 Å². The lowest BCUT2D eigenvalue weighted by atomic mass is 10.2. The lowest BCUT2D eigenvalue weighted by Crippen LogP contribution is -2.40. The van der Waals surface area contributed by atoms with Gasteiger partial charge in [0.1, 0.15) is 0 Å². The zero-order chi connectivity index (χ0) is 17.4. The van der Waals surface area contributed by atoms with E-state index in [1.54, 1.807) is 4.90 Å². The Morgan fingerprint density at radius 1 is 1.22 bits per heavy atom. The molecule has 0 fully saturated rings. The second-order valence-corrected chi connectivity index (χ2v) is 7.57. The summed E-state index contributed by atoms with van der Waals surface area (Å²) in [6.45, 7) is 6.99. The Morgan fingerprint density at radius 2 is 1.83 bits per heavy atom. The van der Waals surface area contributed by atoms with Crippen molar-refractivity contribution < 1.29 is 14.3 Å². The molecule has 1 aromatic carbocycles. The minimum absolute atomic E-state index is 0.0301. The number of amides is 1. The first-order chi connectivity index (χ1) is 10.8. The number of thioether (sulfide) groups is 1. The molecular formula is C17H24ClNO3S. The number of rotatable bonds is 8. The fourth-order valence-corrected chi connectivity index (χ4v) is 3.16. The van der Waals surface area contributed by atoms with E-state index in [0.717, 1.165) is 4.90 Å². The largest absolute Gasteiger partial charge is 0.469 e. The smallest absolute Gasteiger partial charge is 0.307 e. The summed E-state index contributed by atoms with van der Waals surface area (Å²) in [5, 5.41) is 0.445. The molecule has 0 aliphatic carbocycles. The molecule has 128 valence electrons. The summed E-state index contributed by atoms with van der Waals surface area (Å²) in [5.74, 6) is 0.0662. The predicted octanol–water partition coefficient (Wildman–Crippen LogP) is 3.87. The lowest BCUT2D eigenvalue weighted by molar-refractivity contribution is -0.141. The monoisotopic (exact) mass is 357 g/mol. The second-order valence-electron chi connectivity index (χ2n) is 5.72. The number of esters is 1. The minimum atomic E-state index is -0.301. The van der Waals surface area contributed by atoms with E-state index in [0.29, 0.717) is 24.0 Å². The average Bonchev–Trinajstić information content (AvgIpc) is 2.52. The number of halogens is 1. The highest BCUT2D eigenvalue weighted by atomic mass is 35.5. The fraction of sp³-hybridized carbons (Fsp3) is 0.529. The third kappa shape index (κ3) is 7.27. The molecule has 1 aromatic rings. The van der Waals surface area contributed by atoms with Crippen LogP contribution >= 0.6 is 23.4 Å². The van der Waals surface area contributed by atoms with Crippen molar-refractivity contribution in [3.8, 4) is 0 Å². The first-order valence-corrected chi connectivity index (χ1v) is 8.87. The second kappa shape index (κ2) is 9.83. The number of ether oxygens (including phenoxy) is 1. The van der Waals surface area contributed by atoms with Gasteiger partial charge in [-0.2, -0.15) is 0 Å². The maximum atomic E-state index is 12.7. The summed E-state index contributed by atoms with van der Waals surface area (Å²) in [5.41, 5.74) is 0. The maximum Gasteiger partial charge on any atom is 0.307 e. The number of carbonyl (C=O) groups is 2. The van der Waals surface area contributed by atoms with Crippen LogP contribution in [0.4, 0.5) is 0 Å². The van der Waals surface area contributed by atoms with E-state index in [4.69, 9.17) is 11.6 Å². The van der Waals surface area contributed by atoms with Gasteiger partial charge in [0.15, 0.2) is 0 Å². The molecule has 0 N–H and O–H groups in total. The minimum Gasteiger partial charge on any atom is -0.469 e. The lowest BCUT2D eigenvalue weighted by Gasteiger charge is -2.27. The van der Waals surface area contributed by atoms with Gasteiger partial charge in [0.05, 0.1) is 18.8 Å². The molecule has 23 heavy (non-hydrogen) atoms. The number of carbonyl (C=O) groups excluding carboxylic acids is 2. The van der Waals surface area contributed by atoms with Gasteiger partial charge in [-0.05, 0) is 37.1 Å². The van der Waals surface area contributed by atoms with Crippen LogP contribution in [0.25, 0.3) is 0 Å². The van der Waals surface area contributed by atoms with Crippen LogP contribution in [-0.2, 0) is 14.3 Å². The Hall–Kier alpha value is -1.20. The van der Waals surface area contributed by atoms with Crippen LogP contribution in [0.3, 0.4) is 0 Å². The first kappa shape index (κ1) is 19.8. The van der Waals surface area contributed by atoms with Crippen molar-refractivity contribution in [1.29, 1.82) is 0 Å². The van der Waals surface area contributed by atoms with Gasteiger partial charge in [-0.25, -0.2) is 0 Å². The molecule has 1 atom stereocenters. The standard InChI is InChI=1S/C17H24ClNO3S/c1-12(2)11-19(10-9-16(20)22-4)17(21)13(3)23-15-7-5-14(18)6-8-15/h5-8,12-13H,9-11H2,1-4H3. The molecule has 0 saturated carbocycles. The first-order valence-electron chi connectivity index (χ1n) is 7.61. The number of hydrogen-bond acceptors (Lipinski definition) is 4. The SMILES string of the molecule is COC(=O)CCN(CC(C)C)C(=O)C(C)Sc1ccc(Cl)cc1. The van der Waals surface area contributed by atoms with Crippen LogP contribution in [0, 0.1) is 5.92 Å². The number of methoxy groups -OCH3 is 1. The van der Waals surface area contributed by atoms with Crippen molar-refractivity contribution >= 4 is 35.2 Å². The van der Waals surface area contributed by atoms with Gasteiger partial charge in [-0.1, -0.05) is 25.4 Å². The topological polar surface area (TPSA) is 46.6 Å². The highest BCUT2D eigenvalue weighted by Crippen LogP contribution is 2.26. The van der Waals surface area contributed by atoms with Crippen LogP contribution in [0.1, 0.15) is 27.2 Å². The van der Waals surface area contributed by atoms with Gasteiger partial charge >= 0.3 is 5.97 Å². The summed E-state index contributed by atoms with van der Waals surface area (Å²) >= 11 is 7.36. The van der Waals surface area contributed by atoms with E-state index in [2.05, 4.69) is 18.6 Å². The molecule has 1 rings (SSSR count). The molecular weight excluding hydrogens is 334 g/mol.